The van der Waals surface area contributed by atoms with Crippen LogP contribution in [-0.2, 0) is 4.74 Å². The highest BCUT2D eigenvalue weighted by atomic mass is 16.5. The van der Waals surface area contributed by atoms with E-state index in [-0.39, 0.29) is 5.60 Å². The predicted octanol–water partition coefficient (Wildman–Crippen LogP) is 2.05. The molecule has 2 fully saturated rings. The maximum atomic E-state index is 5.69. The van der Waals surface area contributed by atoms with Crippen LogP contribution in [0.15, 0.2) is 0 Å². The summed E-state index contributed by atoms with van der Waals surface area (Å²) in [4.78, 5) is 0. The second kappa shape index (κ2) is 4.43. The molecule has 2 heterocycles. The molecule has 2 heteroatoms. The minimum absolute atomic E-state index is 0.244. The molecule has 2 saturated heterocycles. The van der Waals surface area contributed by atoms with Gasteiger partial charge in [-0.1, -0.05) is 27.7 Å². The van der Waals surface area contributed by atoms with Crippen LogP contribution in [0.25, 0.3) is 0 Å². The fourth-order valence-electron chi connectivity index (χ4n) is 2.40. The van der Waals surface area contributed by atoms with Gasteiger partial charge in [-0.25, -0.2) is 0 Å². The molecule has 0 aromatic rings. The molecule has 2 aliphatic rings. The van der Waals surface area contributed by atoms with E-state index in [4.69, 9.17) is 4.74 Å². The number of ether oxygens (including phenoxy) is 1. The molecule has 0 aromatic carbocycles. The molecular formula is C11H23NO. The second-order valence-corrected chi connectivity index (χ2v) is 4.14. The largest absolute Gasteiger partial charge is 0.373 e. The maximum Gasteiger partial charge on any atom is 0.0870 e. The number of rotatable bonds is 1. The van der Waals surface area contributed by atoms with E-state index in [1.54, 1.807) is 0 Å². The highest BCUT2D eigenvalue weighted by Gasteiger charge is 2.49. The SMILES string of the molecule is CC.CC(C)C1CNCC12CCO2. The summed E-state index contributed by atoms with van der Waals surface area (Å²) < 4.78 is 5.69. The smallest absolute Gasteiger partial charge is 0.0870 e. The van der Waals surface area contributed by atoms with Crippen LogP contribution in [0.5, 0.6) is 0 Å². The summed E-state index contributed by atoms with van der Waals surface area (Å²) in [5.41, 5.74) is 0.244. The van der Waals surface area contributed by atoms with Crippen molar-refractivity contribution in [3.8, 4) is 0 Å². The van der Waals surface area contributed by atoms with E-state index >= 15 is 0 Å². The second-order valence-electron chi connectivity index (χ2n) is 4.14. The molecule has 2 unspecified atom stereocenters. The highest BCUT2D eigenvalue weighted by Crippen LogP contribution is 2.40. The minimum Gasteiger partial charge on any atom is -0.373 e. The zero-order valence-corrected chi connectivity index (χ0v) is 9.39. The van der Waals surface area contributed by atoms with Gasteiger partial charge in [-0.05, 0) is 5.92 Å². The molecule has 2 atom stereocenters. The minimum atomic E-state index is 0.244. The van der Waals surface area contributed by atoms with Gasteiger partial charge in [0.15, 0.2) is 0 Å². The van der Waals surface area contributed by atoms with Gasteiger partial charge in [-0.3, -0.25) is 0 Å². The fraction of sp³-hybridized carbons (Fsp3) is 1.00. The van der Waals surface area contributed by atoms with Gasteiger partial charge in [0.2, 0.25) is 0 Å². The summed E-state index contributed by atoms with van der Waals surface area (Å²) in [6.07, 6.45) is 1.27. The van der Waals surface area contributed by atoms with Crippen LogP contribution >= 0.6 is 0 Å². The average molecular weight is 185 g/mol. The quantitative estimate of drug-likeness (QED) is 0.675. The summed E-state index contributed by atoms with van der Waals surface area (Å²) in [5.74, 6) is 1.50. The van der Waals surface area contributed by atoms with Gasteiger partial charge in [0.25, 0.3) is 0 Å². The summed E-state index contributed by atoms with van der Waals surface area (Å²) in [6, 6.07) is 0. The zero-order valence-electron chi connectivity index (χ0n) is 9.39. The molecule has 0 aliphatic carbocycles. The van der Waals surface area contributed by atoms with Crippen molar-refractivity contribution in [1.82, 2.24) is 5.32 Å². The van der Waals surface area contributed by atoms with Crippen molar-refractivity contribution >= 4 is 0 Å². The lowest BCUT2D eigenvalue weighted by atomic mass is 9.78. The van der Waals surface area contributed by atoms with E-state index in [1.165, 1.54) is 6.42 Å². The molecule has 0 saturated carbocycles. The number of hydrogen-bond acceptors (Lipinski definition) is 2. The third-order valence-electron chi connectivity index (χ3n) is 3.18. The lowest BCUT2D eigenvalue weighted by Gasteiger charge is -2.44. The standard InChI is InChI=1S/C9H17NO.C2H6/c1-7(2)8-5-10-6-9(8)3-4-11-9;1-2/h7-8,10H,3-6H2,1-2H3;1-2H3. The molecular weight excluding hydrogens is 162 g/mol. The Kier molecular flexibility index (Phi) is 3.74. The van der Waals surface area contributed by atoms with Crippen LogP contribution < -0.4 is 5.32 Å². The normalized spacial score (nSPS) is 37.2. The Morgan fingerprint density at radius 1 is 1.38 bits per heavy atom. The summed E-state index contributed by atoms with van der Waals surface area (Å²) in [6.45, 7) is 11.8. The van der Waals surface area contributed by atoms with Crippen molar-refractivity contribution in [2.75, 3.05) is 19.7 Å². The first-order valence-corrected chi connectivity index (χ1v) is 5.59. The maximum absolute atomic E-state index is 5.69. The Morgan fingerprint density at radius 3 is 2.31 bits per heavy atom. The van der Waals surface area contributed by atoms with Crippen LogP contribution in [0.3, 0.4) is 0 Å². The Balaban J connectivity index is 0.000000396. The Bertz CT molecular complexity index is 152. The molecule has 0 aromatic heterocycles. The fourth-order valence-corrected chi connectivity index (χ4v) is 2.40. The summed E-state index contributed by atoms with van der Waals surface area (Å²) >= 11 is 0. The lowest BCUT2D eigenvalue weighted by Crippen LogP contribution is -2.51. The Morgan fingerprint density at radius 2 is 2.00 bits per heavy atom. The molecule has 1 N–H and O–H groups in total. The first-order chi connectivity index (χ1) is 6.25. The molecule has 2 nitrogen and oxygen atoms in total. The van der Waals surface area contributed by atoms with E-state index in [2.05, 4.69) is 19.2 Å². The van der Waals surface area contributed by atoms with Crippen LogP contribution in [0.2, 0.25) is 0 Å². The van der Waals surface area contributed by atoms with Crippen molar-refractivity contribution < 1.29 is 4.74 Å². The molecule has 0 amide bonds. The average Bonchev–Trinajstić information content (AvgIpc) is 2.50. The third kappa shape index (κ3) is 1.89. The van der Waals surface area contributed by atoms with E-state index in [0.717, 1.165) is 31.5 Å². The Hall–Kier alpha value is -0.0800. The van der Waals surface area contributed by atoms with Gasteiger partial charge in [0.1, 0.15) is 0 Å². The van der Waals surface area contributed by atoms with E-state index in [9.17, 15) is 0 Å². The molecule has 2 aliphatic heterocycles. The van der Waals surface area contributed by atoms with Gasteiger partial charge in [0, 0.05) is 25.4 Å². The number of hydrogen-bond donors (Lipinski definition) is 1. The van der Waals surface area contributed by atoms with Crippen LogP contribution in [-0.4, -0.2) is 25.3 Å². The molecule has 13 heavy (non-hydrogen) atoms. The van der Waals surface area contributed by atoms with Crippen molar-refractivity contribution in [2.24, 2.45) is 11.8 Å². The zero-order chi connectivity index (χ0) is 9.90. The number of nitrogens with one attached hydrogen (secondary N) is 1. The van der Waals surface area contributed by atoms with Gasteiger partial charge in [-0.15, -0.1) is 0 Å². The lowest BCUT2D eigenvalue weighted by molar-refractivity contribution is -0.166. The van der Waals surface area contributed by atoms with E-state index < -0.39 is 0 Å². The molecule has 78 valence electrons. The molecule has 0 bridgehead atoms. The van der Waals surface area contributed by atoms with Gasteiger partial charge in [0.05, 0.1) is 12.2 Å². The van der Waals surface area contributed by atoms with Crippen LogP contribution in [0.1, 0.15) is 34.1 Å². The first-order valence-electron chi connectivity index (χ1n) is 5.59. The Labute approximate surface area is 82.0 Å². The summed E-state index contributed by atoms with van der Waals surface area (Å²) in [5, 5.41) is 3.42. The third-order valence-corrected chi connectivity index (χ3v) is 3.18. The predicted molar refractivity (Wildman–Crippen MR) is 55.8 cm³/mol. The molecule has 2 rings (SSSR count). The van der Waals surface area contributed by atoms with Gasteiger partial charge >= 0.3 is 0 Å². The van der Waals surface area contributed by atoms with Crippen LogP contribution in [0, 0.1) is 11.8 Å². The van der Waals surface area contributed by atoms with Crippen LogP contribution in [0.4, 0.5) is 0 Å². The van der Waals surface area contributed by atoms with Crippen molar-refractivity contribution in [1.29, 1.82) is 0 Å². The first kappa shape index (κ1) is 11.0. The van der Waals surface area contributed by atoms with Crippen molar-refractivity contribution in [3.05, 3.63) is 0 Å². The van der Waals surface area contributed by atoms with Crippen molar-refractivity contribution in [3.63, 3.8) is 0 Å². The monoisotopic (exact) mass is 185 g/mol. The van der Waals surface area contributed by atoms with Gasteiger partial charge in [-0.2, -0.15) is 0 Å². The van der Waals surface area contributed by atoms with E-state index in [1.807, 2.05) is 13.8 Å². The van der Waals surface area contributed by atoms with Crippen molar-refractivity contribution in [2.45, 2.75) is 39.7 Å². The van der Waals surface area contributed by atoms with E-state index in [0.29, 0.717) is 0 Å². The molecule has 0 radical (unpaired) electrons. The topological polar surface area (TPSA) is 21.3 Å². The highest BCUT2D eigenvalue weighted by molar-refractivity contribution is 5.02. The summed E-state index contributed by atoms with van der Waals surface area (Å²) in [7, 11) is 0. The molecule has 1 spiro atoms. The van der Waals surface area contributed by atoms with Gasteiger partial charge < -0.3 is 10.1 Å².